The number of hydrogen-bond donors (Lipinski definition) is 1. The van der Waals surface area contributed by atoms with Crippen molar-refractivity contribution in [2.75, 3.05) is 5.32 Å². The van der Waals surface area contributed by atoms with Gasteiger partial charge in [0, 0.05) is 36.0 Å². The molecule has 0 radical (unpaired) electrons. The molecule has 1 saturated carbocycles. The van der Waals surface area contributed by atoms with E-state index in [-0.39, 0.29) is 17.7 Å². The Labute approximate surface area is 162 Å². The fourth-order valence-electron chi connectivity index (χ4n) is 3.65. The van der Waals surface area contributed by atoms with Crippen LogP contribution < -0.4 is 5.32 Å². The highest BCUT2D eigenvalue weighted by molar-refractivity contribution is 5.95. The zero-order valence-electron chi connectivity index (χ0n) is 15.4. The summed E-state index contributed by atoms with van der Waals surface area (Å²) in [6, 6.07) is 17.8. The molecule has 6 nitrogen and oxygen atoms in total. The molecule has 2 atom stereocenters. The monoisotopic (exact) mass is 369 g/mol. The van der Waals surface area contributed by atoms with Crippen LogP contribution in [0.15, 0.2) is 67.0 Å². The Hall–Kier alpha value is -3.54. The SMILES string of the molecule is Cc1cc2nc(NC(=O)C3CC3c3ccncc3)cc(-c3ccccc3)n2n1. The third kappa shape index (κ3) is 3.03. The molecule has 28 heavy (non-hydrogen) atoms. The average molecular weight is 369 g/mol. The normalized spacial score (nSPS) is 18.2. The zero-order valence-corrected chi connectivity index (χ0v) is 15.4. The highest BCUT2D eigenvalue weighted by Gasteiger charge is 2.44. The number of amides is 1. The van der Waals surface area contributed by atoms with Gasteiger partial charge in [-0.1, -0.05) is 30.3 Å². The van der Waals surface area contributed by atoms with Crippen LogP contribution in [0.25, 0.3) is 16.9 Å². The number of hydrogen-bond acceptors (Lipinski definition) is 4. The molecule has 6 heteroatoms. The van der Waals surface area contributed by atoms with E-state index in [0.717, 1.165) is 34.6 Å². The number of aryl methyl sites for hydroxylation is 1. The van der Waals surface area contributed by atoms with Gasteiger partial charge in [-0.15, -0.1) is 0 Å². The quantitative estimate of drug-likeness (QED) is 0.593. The van der Waals surface area contributed by atoms with Gasteiger partial charge in [-0.3, -0.25) is 9.78 Å². The Bertz CT molecular complexity index is 1150. The maximum absolute atomic E-state index is 12.8. The maximum atomic E-state index is 12.8. The van der Waals surface area contributed by atoms with Gasteiger partial charge in [0.15, 0.2) is 5.65 Å². The standard InChI is InChI=1S/C22H19N5O/c1-14-11-21-24-20(13-19(27(21)26-14)16-5-3-2-4-6-16)25-22(28)18-12-17(18)15-7-9-23-10-8-15/h2-11,13,17-18H,12H2,1H3,(H,24,25,28). The van der Waals surface area contributed by atoms with Crippen molar-refractivity contribution in [3.05, 3.63) is 78.2 Å². The summed E-state index contributed by atoms with van der Waals surface area (Å²) in [7, 11) is 0. The molecular formula is C22H19N5O. The first-order chi connectivity index (χ1) is 13.7. The molecule has 1 amide bonds. The van der Waals surface area contributed by atoms with Crippen molar-refractivity contribution in [2.24, 2.45) is 5.92 Å². The van der Waals surface area contributed by atoms with Gasteiger partial charge in [0.05, 0.1) is 11.4 Å². The summed E-state index contributed by atoms with van der Waals surface area (Å²) in [4.78, 5) is 21.4. The van der Waals surface area contributed by atoms with E-state index in [1.807, 2.05) is 66.0 Å². The highest BCUT2D eigenvalue weighted by atomic mass is 16.2. The minimum Gasteiger partial charge on any atom is -0.310 e. The van der Waals surface area contributed by atoms with Gasteiger partial charge >= 0.3 is 0 Å². The Balaban J connectivity index is 1.44. The molecule has 0 bridgehead atoms. The van der Waals surface area contributed by atoms with Gasteiger partial charge in [-0.25, -0.2) is 9.50 Å². The minimum atomic E-state index is -0.0211. The van der Waals surface area contributed by atoms with Gasteiger partial charge in [0.25, 0.3) is 0 Å². The van der Waals surface area contributed by atoms with Crippen LogP contribution in [0.2, 0.25) is 0 Å². The molecule has 1 aliphatic rings. The molecule has 138 valence electrons. The van der Waals surface area contributed by atoms with Crippen molar-refractivity contribution in [3.8, 4) is 11.3 Å². The molecule has 4 aromatic rings. The van der Waals surface area contributed by atoms with E-state index in [1.165, 1.54) is 0 Å². The number of carbonyl (C=O) groups excluding carboxylic acids is 1. The van der Waals surface area contributed by atoms with E-state index in [4.69, 9.17) is 0 Å². The lowest BCUT2D eigenvalue weighted by Crippen LogP contribution is -2.16. The summed E-state index contributed by atoms with van der Waals surface area (Å²) in [6.45, 7) is 1.94. The molecule has 3 aromatic heterocycles. The van der Waals surface area contributed by atoms with Crippen molar-refractivity contribution < 1.29 is 4.79 Å². The molecule has 1 fully saturated rings. The summed E-state index contributed by atoms with van der Waals surface area (Å²) in [5.74, 6) is 0.801. The van der Waals surface area contributed by atoms with Crippen molar-refractivity contribution in [3.63, 3.8) is 0 Å². The molecule has 0 saturated heterocycles. The predicted molar refractivity (Wildman–Crippen MR) is 107 cm³/mol. The smallest absolute Gasteiger partial charge is 0.229 e. The number of nitrogens with one attached hydrogen (secondary N) is 1. The Morgan fingerprint density at radius 2 is 1.89 bits per heavy atom. The average Bonchev–Trinajstić information content (AvgIpc) is 3.44. The van der Waals surface area contributed by atoms with Crippen molar-refractivity contribution >= 4 is 17.4 Å². The molecule has 2 unspecified atom stereocenters. The van der Waals surface area contributed by atoms with Crippen molar-refractivity contribution in [2.45, 2.75) is 19.3 Å². The lowest BCUT2D eigenvalue weighted by atomic mass is 10.1. The second kappa shape index (κ2) is 6.56. The Morgan fingerprint density at radius 3 is 2.68 bits per heavy atom. The largest absolute Gasteiger partial charge is 0.310 e. The first-order valence-electron chi connectivity index (χ1n) is 9.33. The number of fused-ring (bicyclic) bond motifs is 1. The van der Waals surface area contributed by atoms with E-state index in [9.17, 15) is 4.79 Å². The number of nitrogens with zero attached hydrogens (tertiary/aromatic N) is 4. The van der Waals surface area contributed by atoms with E-state index in [2.05, 4.69) is 20.4 Å². The first kappa shape index (κ1) is 16.6. The lowest BCUT2D eigenvalue weighted by Gasteiger charge is -2.09. The third-order valence-electron chi connectivity index (χ3n) is 5.13. The minimum absolute atomic E-state index is 0.00825. The van der Waals surface area contributed by atoms with E-state index in [0.29, 0.717) is 5.82 Å². The summed E-state index contributed by atoms with van der Waals surface area (Å²) in [5, 5.41) is 7.55. The van der Waals surface area contributed by atoms with Crippen molar-refractivity contribution in [1.29, 1.82) is 0 Å². The van der Waals surface area contributed by atoms with Crippen LogP contribution in [0.3, 0.4) is 0 Å². The summed E-state index contributed by atoms with van der Waals surface area (Å²) < 4.78 is 1.82. The van der Waals surface area contributed by atoms with Crippen LogP contribution in [-0.4, -0.2) is 25.5 Å². The number of benzene rings is 1. The second-order valence-corrected chi connectivity index (χ2v) is 7.17. The molecule has 1 aliphatic carbocycles. The van der Waals surface area contributed by atoms with Crippen LogP contribution in [0.1, 0.15) is 23.6 Å². The lowest BCUT2D eigenvalue weighted by molar-refractivity contribution is -0.117. The van der Waals surface area contributed by atoms with E-state index < -0.39 is 0 Å². The molecular weight excluding hydrogens is 350 g/mol. The number of rotatable bonds is 4. The maximum Gasteiger partial charge on any atom is 0.229 e. The number of aromatic nitrogens is 4. The molecule has 0 spiro atoms. The fraction of sp³-hybridized carbons (Fsp3) is 0.182. The van der Waals surface area contributed by atoms with Crippen LogP contribution >= 0.6 is 0 Å². The van der Waals surface area contributed by atoms with Crippen molar-refractivity contribution in [1.82, 2.24) is 19.6 Å². The summed E-state index contributed by atoms with van der Waals surface area (Å²) in [6.07, 6.45) is 4.40. The fourth-order valence-corrected chi connectivity index (χ4v) is 3.65. The van der Waals surface area contributed by atoms with Gasteiger partial charge in [-0.2, -0.15) is 5.10 Å². The number of pyridine rings is 1. The Morgan fingerprint density at radius 1 is 1.11 bits per heavy atom. The first-order valence-corrected chi connectivity index (χ1v) is 9.33. The van der Waals surface area contributed by atoms with E-state index >= 15 is 0 Å². The second-order valence-electron chi connectivity index (χ2n) is 7.17. The molecule has 3 heterocycles. The summed E-state index contributed by atoms with van der Waals surface area (Å²) in [5.41, 5.74) is 4.68. The van der Waals surface area contributed by atoms with Gasteiger partial charge < -0.3 is 5.32 Å². The van der Waals surface area contributed by atoms with Gasteiger partial charge in [0.1, 0.15) is 5.82 Å². The molecule has 0 aliphatic heterocycles. The number of carbonyl (C=O) groups is 1. The Kier molecular flexibility index (Phi) is 3.90. The van der Waals surface area contributed by atoms with Gasteiger partial charge in [0.2, 0.25) is 5.91 Å². The highest BCUT2D eigenvalue weighted by Crippen LogP contribution is 2.47. The molecule has 5 rings (SSSR count). The number of anilines is 1. The zero-order chi connectivity index (χ0) is 19.1. The van der Waals surface area contributed by atoms with Crippen LogP contribution in [0.5, 0.6) is 0 Å². The van der Waals surface area contributed by atoms with Crippen LogP contribution in [0.4, 0.5) is 5.82 Å². The topological polar surface area (TPSA) is 72.2 Å². The third-order valence-corrected chi connectivity index (χ3v) is 5.13. The molecule has 1 N–H and O–H groups in total. The van der Waals surface area contributed by atoms with Crippen LogP contribution in [0, 0.1) is 12.8 Å². The van der Waals surface area contributed by atoms with Gasteiger partial charge in [-0.05, 0) is 37.0 Å². The summed E-state index contributed by atoms with van der Waals surface area (Å²) >= 11 is 0. The predicted octanol–water partition coefficient (Wildman–Crippen LogP) is 3.84. The molecule has 1 aromatic carbocycles. The van der Waals surface area contributed by atoms with Crippen LogP contribution in [-0.2, 0) is 4.79 Å². The van der Waals surface area contributed by atoms with E-state index in [1.54, 1.807) is 12.4 Å².